The van der Waals surface area contributed by atoms with Crippen molar-refractivity contribution < 1.29 is 4.39 Å². The molecule has 2 aromatic heterocycles. The van der Waals surface area contributed by atoms with Gasteiger partial charge >= 0.3 is 0 Å². The molecule has 90 valence electrons. The zero-order valence-corrected chi connectivity index (χ0v) is 10.0. The Balaban J connectivity index is 2.22. The number of anilines is 1. The first-order chi connectivity index (χ1) is 8.63. The SMILES string of the molecule is Nc1cc(Cl)cc(-c2cc3c(F)cccc3[nH]2)n1. The van der Waals surface area contributed by atoms with Gasteiger partial charge in [-0.05, 0) is 30.3 Å². The Kier molecular flexibility index (Phi) is 2.45. The highest BCUT2D eigenvalue weighted by atomic mass is 35.5. The van der Waals surface area contributed by atoms with Crippen LogP contribution in [-0.4, -0.2) is 9.97 Å². The van der Waals surface area contributed by atoms with Gasteiger partial charge in [0.1, 0.15) is 11.6 Å². The van der Waals surface area contributed by atoms with Gasteiger partial charge in [0.2, 0.25) is 0 Å². The highest BCUT2D eigenvalue weighted by Crippen LogP contribution is 2.27. The minimum Gasteiger partial charge on any atom is -0.384 e. The molecule has 3 rings (SSSR count). The molecular weight excluding hydrogens is 253 g/mol. The summed E-state index contributed by atoms with van der Waals surface area (Å²) in [4.78, 5) is 7.26. The van der Waals surface area contributed by atoms with Gasteiger partial charge in [0.05, 0.1) is 11.4 Å². The van der Waals surface area contributed by atoms with Crippen molar-refractivity contribution in [3.8, 4) is 11.4 Å². The molecule has 0 radical (unpaired) electrons. The molecule has 0 spiro atoms. The van der Waals surface area contributed by atoms with Crippen molar-refractivity contribution in [3.63, 3.8) is 0 Å². The Hall–Kier alpha value is -2.07. The predicted molar refractivity (Wildman–Crippen MR) is 70.9 cm³/mol. The topological polar surface area (TPSA) is 54.7 Å². The number of rotatable bonds is 1. The third-order valence-corrected chi connectivity index (χ3v) is 2.92. The van der Waals surface area contributed by atoms with Gasteiger partial charge in [0, 0.05) is 15.9 Å². The number of aromatic nitrogens is 2. The molecule has 0 aliphatic carbocycles. The summed E-state index contributed by atoms with van der Waals surface area (Å²) in [5.41, 5.74) is 7.63. The average molecular weight is 262 g/mol. The molecule has 0 amide bonds. The van der Waals surface area contributed by atoms with Gasteiger partial charge in [-0.15, -0.1) is 0 Å². The lowest BCUT2D eigenvalue weighted by Crippen LogP contribution is -1.92. The van der Waals surface area contributed by atoms with Crippen molar-refractivity contribution in [2.75, 3.05) is 5.73 Å². The molecule has 0 saturated heterocycles. The van der Waals surface area contributed by atoms with Gasteiger partial charge in [-0.25, -0.2) is 9.37 Å². The molecular formula is C13H9ClFN3. The van der Waals surface area contributed by atoms with Crippen LogP contribution in [0, 0.1) is 5.82 Å². The lowest BCUT2D eigenvalue weighted by molar-refractivity contribution is 0.640. The maximum atomic E-state index is 13.6. The van der Waals surface area contributed by atoms with E-state index < -0.39 is 0 Å². The van der Waals surface area contributed by atoms with Crippen LogP contribution in [0.1, 0.15) is 0 Å². The summed E-state index contributed by atoms with van der Waals surface area (Å²) >= 11 is 5.92. The second-order valence-electron chi connectivity index (χ2n) is 3.98. The molecule has 0 saturated carbocycles. The van der Waals surface area contributed by atoms with Crippen molar-refractivity contribution >= 4 is 28.3 Å². The number of hydrogen-bond donors (Lipinski definition) is 2. The molecule has 3 N–H and O–H groups in total. The van der Waals surface area contributed by atoms with E-state index in [-0.39, 0.29) is 5.82 Å². The molecule has 0 bridgehead atoms. The largest absolute Gasteiger partial charge is 0.384 e. The summed E-state index contributed by atoms with van der Waals surface area (Å²) in [5, 5.41) is 1.02. The van der Waals surface area contributed by atoms with E-state index in [0.29, 0.717) is 33.1 Å². The van der Waals surface area contributed by atoms with Crippen LogP contribution in [0.5, 0.6) is 0 Å². The molecule has 0 fully saturated rings. The Labute approximate surface area is 107 Å². The molecule has 18 heavy (non-hydrogen) atoms. The third-order valence-electron chi connectivity index (χ3n) is 2.70. The lowest BCUT2D eigenvalue weighted by Gasteiger charge is -2.00. The Morgan fingerprint density at radius 1 is 1.22 bits per heavy atom. The van der Waals surface area contributed by atoms with Gasteiger partial charge in [0.25, 0.3) is 0 Å². The average Bonchev–Trinajstić information content (AvgIpc) is 2.73. The first-order valence-electron chi connectivity index (χ1n) is 5.34. The van der Waals surface area contributed by atoms with Crippen LogP contribution in [0.3, 0.4) is 0 Å². The summed E-state index contributed by atoms with van der Waals surface area (Å²) in [5.74, 6) is 0.0571. The van der Waals surface area contributed by atoms with E-state index in [1.807, 2.05) is 0 Å². The van der Waals surface area contributed by atoms with E-state index in [0.717, 1.165) is 0 Å². The number of fused-ring (bicyclic) bond motifs is 1. The Morgan fingerprint density at radius 2 is 2.06 bits per heavy atom. The lowest BCUT2D eigenvalue weighted by atomic mass is 10.2. The summed E-state index contributed by atoms with van der Waals surface area (Å²) in [6.45, 7) is 0. The van der Waals surface area contributed by atoms with E-state index in [2.05, 4.69) is 9.97 Å². The molecule has 5 heteroatoms. The maximum absolute atomic E-state index is 13.6. The number of nitrogens with zero attached hydrogens (tertiary/aromatic N) is 1. The van der Waals surface area contributed by atoms with Crippen LogP contribution in [0.15, 0.2) is 36.4 Å². The summed E-state index contributed by atoms with van der Waals surface area (Å²) in [6.07, 6.45) is 0. The molecule has 0 unspecified atom stereocenters. The number of halogens is 2. The number of nitrogens with two attached hydrogens (primary N) is 1. The molecule has 0 aliphatic rings. The van der Waals surface area contributed by atoms with E-state index in [9.17, 15) is 4.39 Å². The quantitative estimate of drug-likeness (QED) is 0.703. The minimum absolute atomic E-state index is 0.273. The maximum Gasteiger partial charge on any atom is 0.132 e. The van der Waals surface area contributed by atoms with Crippen LogP contribution >= 0.6 is 11.6 Å². The van der Waals surface area contributed by atoms with Gasteiger partial charge in [-0.2, -0.15) is 0 Å². The van der Waals surface area contributed by atoms with E-state index >= 15 is 0 Å². The summed E-state index contributed by atoms with van der Waals surface area (Å²) in [6, 6.07) is 9.81. The van der Waals surface area contributed by atoms with Crippen molar-refractivity contribution in [2.45, 2.75) is 0 Å². The minimum atomic E-state index is -0.273. The zero-order valence-electron chi connectivity index (χ0n) is 9.24. The van der Waals surface area contributed by atoms with Crippen molar-refractivity contribution in [2.24, 2.45) is 0 Å². The van der Waals surface area contributed by atoms with Crippen LogP contribution in [0.4, 0.5) is 10.2 Å². The first-order valence-corrected chi connectivity index (χ1v) is 5.72. The van der Waals surface area contributed by atoms with Gasteiger partial charge in [0.15, 0.2) is 0 Å². The standard InChI is InChI=1S/C13H9ClFN3/c14-7-4-11(18-13(16)5-7)12-6-8-9(15)2-1-3-10(8)17-12/h1-6,17H,(H2,16,18). The fraction of sp³-hybridized carbons (Fsp3) is 0. The zero-order chi connectivity index (χ0) is 12.7. The predicted octanol–water partition coefficient (Wildman–Crippen LogP) is 3.60. The first kappa shape index (κ1) is 11.0. The van der Waals surface area contributed by atoms with Crippen molar-refractivity contribution in [1.29, 1.82) is 0 Å². The fourth-order valence-corrected chi connectivity index (χ4v) is 2.13. The molecule has 2 heterocycles. The van der Waals surface area contributed by atoms with Crippen LogP contribution in [-0.2, 0) is 0 Å². The number of nitrogen functional groups attached to an aromatic ring is 1. The van der Waals surface area contributed by atoms with E-state index in [1.165, 1.54) is 6.07 Å². The summed E-state index contributed by atoms with van der Waals surface area (Å²) < 4.78 is 13.6. The van der Waals surface area contributed by atoms with E-state index in [1.54, 1.807) is 30.3 Å². The van der Waals surface area contributed by atoms with E-state index in [4.69, 9.17) is 17.3 Å². The third kappa shape index (κ3) is 1.80. The molecule has 3 nitrogen and oxygen atoms in total. The smallest absolute Gasteiger partial charge is 0.132 e. The Bertz CT molecular complexity index is 716. The second kappa shape index (κ2) is 3.99. The Morgan fingerprint density at radius 3 is 2.78 bits per heavy atom. The van der Waals surface area contributed by atoms with Crippen LogP contribution in [0.25, 0.3) is 22.3 Å². The van der Waals surface area contributed by atoms with Crippen LogP contribution < -0.4 is 5.73 Å². The highest BCUT2D eigenvalue weighted by molar-refractivity contribution is 6.31. The number of H-pyrrole nitrogens is 1. The molecule has 1 aromatic carbocycles. The normalized spacial score (nSPS) is 11.0. The molecule has 0 aliphatic heterocycles. The number of hydrogen-bond acceptors (Lipinski definition) is 2. The molecule has 0 atom stereocenters. The number of aromatic amines is 1. The van der Waals surface area contributed by atoms with Crippen molar-refractivity contribution in [1.82, 2.24) is 9.97 Å². The van der Waals surface area contributed by atoms with Crippen molar-refractivity contribution in [3.05, 3.63) is 47.2 Å². The summed E-state index contributed by atoms with van der Waals surface area (Å²) in [7, 11) is 0. The number of benzene rings is 1. The fourth-order valence-electron chi connectivity index (χ4n) is 1.91. The number of nitrogens with one attached hydrogen (secondary N) is 1. The number of pyridine rings is 1. The highest BCUT2D eigenvalue weighted by Gasteiger charge is 2.08. The monoisotopic (exact) mass is 261 g/mol. The molecule has 3 aromatic rings. The second-order valence-corrected chi connectivity index (χ2v) is 4.42. The van der Waals surface area contributed by atoms with Crippen LogP contribution in [0.2, 0.25) is 5.02 Å². The van der Waals surface area contributed by atoms with Gasteiger partial charge in [-0.3, -0.25) is 0 Å². The van der Waals surface area contributed by atoms with Gasteiger partial charge in [-0.1, -0.05) is 17.7 Å². The van der Waals surface area contributed by atoms with Gasteiger partial charge < -0.3 is 10.7 Å².